The van der Waals surface area contributed by atoms with Gasteiger partial charge < -0.3 is 19.2 Å². The molecule has 0 spiro atoms. The van der Waals surface area contributed by atoms with Gasteiger partial charge in [0, 0.05) is 23.6 Å². The molecule has 0 unspecified atom stereocenters. The molecule has 1 aliphatic rings. The lowest BCUT2D eigenvalue weighted by atomic mass is 9.86. The summed E-state index contributed by atoms with van der Waals surface area (Å²) < 4.78 is 16.4. The number of carbonyl (C=O) groups excluding carboxylic acids is 2. The SMILES string of the molecule is CCOCc1c(C(=O)OCC(=O)N[C@H]2CCCC[C@@H]2C)oc2ccccc12. The number of carbonyl (C=O) groups is 2. The predicted molar refractivity (Wildman–Crippen MR) is 101 cm³/mol. The third kappa shape index (κ3) is 4.69. The Labute approximate surface area is 159 Å². The molecule has 3 rings (SSSR count). The summed E-state index contributed by atoms with van der Waals surface area (Å²) in [4.78, 5) is 24.7. The first-order chi connectivity index (χ1) is 13.1. The molecule has 1 aliphatic carbocycles. The largest absolute Gasteiger partial charge is 0.450 e. The Hall–Kier alpha value is -2.34. The maximum atomic E-state index is 12.5. The van der Waals surface area contributed by atoms with Crippen LogP contribution in [0.25, 0.3) is 11.0 Å². The van der Waals surface area contributed by atoms with Gasteiger partial charge in [0.25, 0.3) is 5.91 Å². The molecule has 2 aromatic rings. The van der Waals surface area contributed by atoms with E-state index in [0.29, 0.717) is 23.7 Å². The second-order valence-corrected chi connectivity index (χ2v) is 7.05. The molecule has 146 valence electrons. The predicted octanol–water partition coefficient (Wildman–Crippen LogP) is 3.82. The van der Waals surface area contributed by atoms with Crippen LogP contribution in [-0.4, -0.2) is 31.1 Å². The summed E-state index contributed by atoms with van der Waals surface area (Å²) in [6.45, 7) is 4.49. The third-order valence-electron chi connectivity index (χ3n) is 5.13. The molecule has 6 heteroatoms. The van der Waals surface area contributed by atoms with Gasteiger partial charge in [-0.1, -0.05) is 38.0 Å². The molecule has 1 saturated carbocycles. The molecule has 2 atom stereocenters. The average molecular weight is 373 g/mol. The lowest BCUT2D eigenvalue weighted by molar-refractivity contribution is -0.125. The fraction of sp³-hybridized carbons (Fsp3) is 0.524. The van der Waals surface area contributed by atoms with Gasteiger partial charge >= 0.3 is 5.97 Å². The number of furan rings is 1. The Kier molecular flexibility index (Phi) is 6.50. The lowest BCUT2D eigenvalue weighted by Crippen LogP contribution is -2.42. The first kappa shape index (κ1) is 19.4. The van der Waals surface area contributed by atoms with Gasteiger partial charge in [-0.15, -0.1) is 0 Å². The molecule has 1 aromatic carbocycles. The summed E-state index contributed by atoms with van der Waals surface area (Å²) in [7, 11) is 0. The normalized spacial score (nSPS) is 19.8. The Bertz CT molecular complexity index is 797. The zero-order valence-electron chi connectivity index (χ0n) is 16.0. The fourth-order valence-corrected chi connectivity index (χ4v) is 3.59. The summed E-state index contributed by atoms with van der Waals surface area (Å²) in [6.07, 6.45) is 4.42. The first-order valence-electron chi connectivity index (χ1n) is 9.64. The smallest absolute Gasteiger partial charge is 0.375 e. The highest BCUT2D eigenvalue weighted by molar-refractivity contribution is 5.96. The van der Waals surface area contributed by atoms with Crippen LogP contribution in [0, 0.1) is 5.92 Å². The molecular weight excluding hydrogens is 346 g/mol. The second kappa shape index (κ2) is 9.04. The number of ether oxygens (including phenoxy) is 2. The number of hydrogen-bond acceptors (Lipinski definition) is 5. The van der Waals surface area contributed by atoms with Crippen molar-refractivity contribution in [2.24, 2.45) is 5.92 Å². The van der Waals surface area contributed by atoms with Crippen molar-refractivity contribution in [1.82, 2.24) is 5.32 Å². The van der Waals surface area contributed by atoms with Crippen LogP contribution >= 0.6 is 0 Å². The lowest BCUT2D eigenvalue weighted by Gasteiger charge is -2.29. The number of nitrogens with one attached hydrogen (secondary N) is 1. The molecule has 1 heterocycles. The second-order valence-electron chi connectivity index (χ2n) is 7.05. The van der Waals surface area contributed by atoms with Crippen molar-refractivity contribution in [1.29, 1.82) is 0 Å². The zero-order valence-corrected chi connectivity index (χ0v) is 16.0. The molecule has 27 heavy (non-hydrogen) atoms. The van der Waals surface area contributed by atoms with E-state index in [1.165, 1.54) is 6.42 Å². The fourth-order valence-electron chi connectivity index (χ4n) is 3.59. The van der Waals surface area contributed by atoms with Crippen molar-refractivity contribution in [3.05, 3.63) is 35.6 Å². The van der Waals surface area contributed by atoms with Gasteiger partial charge in [-0.25, -0.2) is 4.79 Å². The Morgan fingerprint density at radius 2 is 2.00 bits per heavy atom. The number of benzene rings is 1. The molecule has 0 bridgehead atoms. The van der Waals surface area contributed by atoms with Crippen molar-refractivity contribution in [3.8, 4) is 0 Å². The van der Waals surface area contributed by atoms with Crippen LogP contribution in [0.1, 0.15) is 55.6 Å². The molecule has 6 nitrogen and oxygen atoms in total. The number of fused-ring (bicyclic) bond motifs is 1. The topological polar surface area (TPSA) is 77.8 Å². The standard InChI is InChI=1S/C21H27NO5/c1-3-25-12-16-15-9-5-7-11-18(15)27-20(16)21(24)26-13-19(23)22-17-10-6-4-8-14(17)2/h5,7,9,11,14,17H,3-4,6,8,10,12-13H2,1-2H3,(H,22,23)/t14-,17-/m0/s1. The van der Waals surface area contributed by atoms with Crippen LogP contribution in [0.2, 0.25) is 0 Å². The molecular formula is C21H27NO5. The molecule has 1 aromatic heterocycles. The minimum absolute atomic E-state index is 0.100. The van der Waals surface area contributed by atoms with E-state index in [2.05, 4.69) is 12.2 Å². The van der Waals surface area contributed by atoms with Gasteiger partial charge in [-0.2, -0.15) is 0 Å². The van der Waals surface area contributed by atoms with Crippen molar-refractivity contribution in [3.63, 3.8) is 0 Å². The highest BCUT2D eigenvalue weighted by Crippen LogP contribution is 2.27. The summed E-state index contributed by atoms with van der Waals surface area (Å²) in [5.74, 6) is -0.368. The highest BCUT2D eigenvalue weighted by Gasteiger charge is 2.25. The molecule has 0 saturated heterocycles. The first-order valence-corrected chi connectivity index (χ1v) is 9.64. The number of para-hydroxylation sites is 1. The third-order valence-corrected chi connectivity index (χ3v) is 5.13. The van der Waals surface area contributed by atoms with E-state index < -0.39 is 5.97 Å². The van der Waals surface area contributed by atoms with Crippen LogP contribution in [0.4, 0.5) is 0 Å². The minimum Gasteiger partial charge on any atom is -0.450 e. The van der Waals surface area contributed by atoms with Crippen LogP contribution in [0.3, 0.4) is 0 Å². The van der Waals surface area contributed by atoms with Crippen molar-refractivity contribution in [2.75, 3.05) is 13.2 Å². The van der Waals surface area contributed by atoms with Gasteiger partial charge in [0.05, 0.1) is 6.61 Å². The van der Waals surface area contributed by atoms with Gasteiger partial charge in [0.1, 0.15) is 5.58 Å². The van der Waals surface area contributed by atoms with E-state index in [0.717, 1.165) is 24.6 Å². The van der Waals surface area contributed by atoms with Crippen molar-refractivity contribution < 1.29 is 23.5 Å². The monoisotopic (exact) mass is 373 g/mol. The molecule has 1 N–H and O–H groups in total. The van der Waals surface area contributed by atoms with Crippen LogP contribution in [0.15, 0.2) is 28.7 Å². The van der Waals surface area contributed by atoms with Gasteiger partial charge in [0.15, 0.2) is 6.61 Å². The van der Waals surface area contributed by atoms with Gasteiger partial charge in [-0.05, 0) is 31.7 Å². The van der Waals surface area contributed by atoms with E-state index in [9.17, 15) is 9.59 Å². The summed E-state index contributed by atoms with van der Waals surface area (Å²) in [5, 5.41) is 3.80. The quantitative estimate of drug-likeness (QED) is 0.747. The van der Waals surface area contributed by atoms with Crippen molar-refractivity contribution in [2.45, 2.75) is 52.2 Å². The van der Waals surface area contributed by atoms with E-state index in [-0.39, 0.29) is 30.9 Å². The number of amides is 1. The Balaban J connectivity index is 1.64. The molecule has 1 fully saturated rings. The van der Waals surface area contributed by atoms with Crippen LogP contribution in [0.5, 0.6) is 0 Å². The summed E-state index contributed by atoms with van der Waals surface area (Å²) in [6, 6.07) is 7.54. The molecule has 0 radical (unpaired) electrons. The molecule has 0 aliphatic heterocycles. The van der Waals surface area contributed by atoms with Crippen LogP contribution < -0.4 is 5.32 Å². The Morgan fingerprint density at radius 3 is 2.78 bits per heavy atom. The Morgan fingerprint density at radius 1 is 1.22 bits per heavy atom. The van der Waals surface area contributed by atoms with E-state index in [4.69, 9.17) is 13.9 Å². The van der Waals surface area contributed by atoms with E-state index >= 15 is 0 Å². The average Bonchev–Trinajstić information content (AvgIpc) is 3.05. The van der Waals surface area contributed by atoms with Gasteiger partial charge in [0.2, 0.25) is 5.76 Å². The number of esters is 1. The maximum absolute atomic E-state index is 12.5. The molecule has 1 amide bonds. The van der Waals surface area contributed by atoms with E-state index in [1.54, 1.807) is 6.07 Å². The minimum atomic E-state index is -0.646. The van der Waals surface area contributed by atoms with E-state index in [1.807, 2.05) is 25.1 Å². The maximum Gasteiger partial charge on any atom is 0.375 e. The van der Waals surface area contributed by atoms with Crippen LogP contribution in [-0.2, 0) is 20.9 Å². The number of rotatable bonds is 7. The van der Waals surface area contributed by atoms with Crippen molar-refractivity contribution >= 4 is 22.8 Å². The highest BCUT2D eigenvalue weighted by atomic mass is 16.5. The van der Waals surface area contributed by atoms with Gasteiger partial charge in [-0.3, -0.25) is 4.79 Å². The summed E-state index contributed by atoms with van der Waals surface area (Å²) >= 11 is 0. The number of hydrogen-bond donors (Lipinski definition) is 1. The summed E-state index contributed by atoms with van der Waals surface area (Å²) in [5.41, 5.74) is 1.25. The zero-order chi connectivity index (χ0) is 19.2.